The third kappa shape index (κ3) is 2.73. The number of rotatable bonds is 3. The smallest absolute Gasteiger partial charge is 0.262 e. The summed E-state index contributed by atoms with van der Waals surface area (Å²) in [5, 5.41) is 1.77. The summed E-state index contributed by atoms with van der Waals surface area (Å²) in [6.45, 7) is 7.75. The fourth-order valence-corrected chi connectivity index (χ4v) is 4.07. The van der Waals surface area contributed by atoms with Gasteiger partial charge in [0.1, 0.15) is 5.92 Å². The van der Waals surface area contributed by atoms with Gasteiger partial charge in [-0.05, 0) is 44.9 Å². The summed E-state index contributed by atoms with van der Waals surface area (Å²) in [5.41, 5.74) is 4.04. The number of carbonyl (C=O) groups excluding carboxylic acids is 2. The van der Waals surface area contributed by atoms with Crippen molar-refractivity contribution in [3.63, 3.8) is 0 Å². The molecule has 2 heterocycles. The van der Waals surface area contributed by atoms with Crippen LogP contribution in [0.5, 0.6) is 0 Å². The van der Waals surface area contributed by atoms with Gasteiger partial charge in [-0.3, -0.25) is 19.3 Å². The summed E-state index contributed by atoms with van der Waals surface area (Å²) in [7, 11) is 0. The van der Waals surface area contributed by atoms with E-state index in [0.29, 0.717) is 0 Å². The van der Waals surface area contributed by atoms with Gasteiger partial charge < -0.3 is 0 Å². The van der Waals surface area contributed by atoms with Crippen molar-refractivity contribution >= 4 is 17.5 Å². The summed E-state index contributed by atoms with van der Waals surface area (Å²) in [5.74, 6) is -0.933. The van der Waals surface area contributed by atoms with Crippen LogP contribution >= 0.6 is 0 Å². The van der Waals surface area contributed by atoms with Gasteiger partial charge in [0, 0.05) is 6.04 Å². The molecule has 2 aliphatic rings. The van der Waals surface area contributed by atoms with Gasteiger partial charge in [0.15, 0.2) is 6.10 Å². The number of amides is 2. The molecule has 3 unspecified atom stereocenters. The summed E-state index contributed by atoms with van der Waals surface area (Å²) in [4.78, 5) is 33.5. The third-order valence-electron chi connectivity index (χ3n) is 5.44. The van der Waals surface area contributed by atoms with Crippen LogP contribution in [0.3, 0.4) is 0 Å². The van der Waals surface area contributed by atoms with Crippen molar-refractivity contribution in [2.75, 3.05) is 5.06 Å². The SMILES string of the molecule is Cc1ccc(C2C3C(=O)N(C(C)C)C(=O)C3ON2c2ccccc2C)cc1. The Kier molecular flexibility index (Phi) is 4.27. The summed E-state index contributed by atoms with van der Waals surface area (Å²) < 4.78 is 0. The number of fused-ring (bicyclic) bond motifs is 1. The Hall–Kier alpha value is -2.66. The quantitative estimate of drug-likeness (QED) is 0.782. The minimum absolute atomic E-state index is 0.151. The van der Waals surface area contributed by atoms with Gasteiger partial charge in [-0.2, -0.15) is 0 Å². The van der Waals surface area contributed by atoms with E-state index in [0.717, 1.165) is 22.4 Å². The molecular formula is C22H24N2O3. The molecule has 0 aromatic heterocycles. The Labute approximate surface area is 159 Å². The summed E-state index contributed by atoms with van der Waals surface area (Å²) in [6.07, 6.45) is -0.772. The number of carbonyl (C=O) groups is 2. The van der Waals surface area contributed by atoms with Crippen molar-refractivity contribution in [1.29, 1.82) is 0 Å². The predicted octanol–water partition coefficient (Wildman–Crippen LogP) is 3.56. The number of benzene rings is 2. The molecule has 0 radical (unpaired) electrons. The highest BCUT2D eigenvalue weighted by atomic mass is 16.7. The van der Waals surface area contributed by atoms with Crippen LogP contribution in [0.25, 0.3) is 0 Å². The van der Waals surface area contributed by atoms with Crippen LogP contribution in [0, 0.1) is 19.8 Å². The second-order valence-electron chi connectivity index (χ2n) is 7.66. The largest absolute Gasteiger partial charge is 0.277 e. The molecule has 2 aromatic rings. The predicted molar refractivity (Wildman–Crippen MR) is 103 cm³/mol. The molecule has 27 heavy (non-hydrogen) atoms. The molecule has 0 aliphatic carbocycles. The molecule has 0 saturated carbocycles. The van der Waals surface area contributed by atoms with Crippen molar-refractivity contribution in [2.45, 2.75) is 45.9 Å². The van der Waals surface area contributed by atoms with Crippen molar-refractivity contribution in [1.82, 2.24) is 4.90 Å². The standard InChI is InChI=1S/C22H24N2O3/c1-13(2)23-21(25)18-19(16-11-9-14(3)10-12-16)24(27-20(18)22(23)26)17-8-6-5-7-15(17)4/h5-13,18-20H,1-4H3. The van der Waals surface area contributed by atoms with Gasteiger partial charge in [0.2, 0.25) is 5.91 Å². The van der Waals surface area contributed by atoms with Gasteiger partial charge in [-0.15, -0.1) is 0 Å². The highest BCUT2D eigenvalue weighted by molar-refractivity contribution is 6.08. The maximum absolute atomic E-state index is 13.1. The first-order chi connectivity index (χ1) is 12.9. The Morgan fingerprint density at radius 3 is 2.22 bits per heavy atom. The third-order valence-corrected chi connectivity index (χ3v) is 5.44. The van der Waals surface area contributed by atoms with Crippen molar-refractivity contribution in [2.24, 2.45) is 5.92 Å². The number of imide groups is 1. The van der Waals surface area contributed by atoms with E-state index in [1.807, 2.05) is 76.2 Å². The fourth-order valence-electron chi connectivity index (χ4n) is 4.07. The second kappa shape index (κ2) is 6.50. The van der Waals surface area contributed by atoms with Gasteiger partial charge in [-0.1, -0.05) is 48.0 Å². The molecule has 2 saturated heterocycles. The zero-order chi connectivity index (χ0) is 19.3. The van der Waals surface area contributed by atoms with Gasteiger partial charge in [-0.25, -0.2) is 5.06 Å². The number of nitrogens with zero attached hydrogens (tertiary/aromatic N) is 2. The first-order valence-corrected chi connectivity index (χ1v) is 9.35. The molecule has 2 fully saturated rings. The minimum atomic E-state index is -0.772. The van der Waals surface area contributed by atoms with Crippen molar-refractivity contribution in [3.8, 4) is 0 Å². The highest BCUT2D eigenvalue weighted by Gasteiger charge is 2.60. The number of likely N-dealkylation sites (tertiary alicyclic amines) is 1. The Morgan fingerprint density at radius 1 is 0.926 bits per heavy atom. The average molecular weight is 364 g/mol. The van der Waals surface area contributed by atoms with Crippen LogP contribution in [0.15, 0.2) is 48.5 Å². The Bertz CT molecular complexity index is 891. The van der Waals surface area contributed by atoms with Crippen LogP contribution in [-0.4, -0.2) is 28.9 Å². The van der Waals surface area contributed by atoms with E-state index in [-0.39, 0.29) is 23.9 Å². The van der Waals surface area contributed by atoms with Crippen molar-refractivity contribution in [3.05, 3.63) is 65.2 Å². The number of hydrogen-bond donors (Lipinski definition) is 0. The molecule has 0 bridgehead atoms. The molecule has 140 valence electrons. The maximum atomic E-state index is 13.1. The monoisotopic (exact) mass is 364 g/mol. The van der Waals surface area contributed by atoms with E-state index in [2.05, 4.69) is 0 Å². The molecule has 2 aromatic carbocycles. The van der Waals surface area contributed by atoms with E-state index < -0.39 is 12.0 Å². The van der Waals surface area contributed by atoms with Gasteiger partial charge >= 0.3 is 0 Å². The molecule has 5 heteroatoms. The van der Waals surface area contributed by atoms with E-state index in [4.69, 9.17) is 4.84 Å². The summed E-state index contributed by atoms with van der Waals surface area (Å²) in [6, 6.07) is 15.5. The highest BCUT2D eigenvalue weighted by Crippen LogP contribution is 2.47. The van der Waals surface area contributed by atoms with Crippen LogP contribution in [0.1, 0.15) is 36.6 Å². The van der Waals surface area contributed by atoms with E-state index in [1.165, 1.54) is 4.90 Å². The lowest BCUT2D eigenvalue weighted by Crippen LogP contribution is -2.41. The maximum Gasteiger partial charge on any atom is 0.262 e. The van der Waals surface area contributed by atoms with E-state index >= 15 is 0 Å². The van der Waals surface area contributed by atoms with Crippen LogP contribution in [-0.2, 0) is 14.4 Å². The molecule has 2 amide bonds. The van der Waals surface area contributed by atoms with Crippen LogP contribution in [0.4, 0.5) is 5.69 Å². The first-order valence-electron chi connectivity index (χ1n) is 9.35. The average Bonchev–Trinajstić information content (AvgIpc) is 3.13. The number of aryl methyl sites for hydroxylation is 2. The molecular weight excluding hydrogens is 340 g/mol. The molecule has 0 N–H and O–H groups in total. The first kappa shape index (κ1) is 17.7. The minimum Gasteiger partial charge on any atom is -0.277 e. The lowest BCUT2D eigenvalue weighted by atomic mass is 9.90. The van der Waals surface area contributed by atoms with Crippen molar-refractivity contribution < 1.29 is 14.4 Å². The van der Waals surface area contributed by atoms with Gasteiger partial charge in [0.25, 0.3) is 5.91 Å². The molecule has 5 nitrogen and oxygen atoms in total. The topological polar surface area (TPSA) is 49.9 Å². The number of para-hydroxylation sites is 1. The van der Waals surface area contributed by atoms with E-state index in [1.54, 1.807) is 5.06 Å². The Morgan fingerprint density at radius 2 is 1.59 bits per heavy atom. The summed E-state index contributed by atoms with van der Waals surface area (Å²) >= 11 is 0. The number of anilines is 1. The zero-order valence-electron chi connectivity index (χ0n) is 16.0. The lowest BCUT2D eigenvalue weighted by molar-refractivity contribution is -0.145. The number of hydroxylamine groups is 1. The molecule has 2 aliphatic heterocycles. The zero-order valence-corrected chi connectivity index (χ0v) is 16.0. The lowest BCUT2D eigenvalue weighted by Gasteiger charge is -2.30. The van der Waals surface area contributed by atoms with Crippen LogP contribution in [0.2, 0.25) is 0 Å². The fraction of sp³-hybridized carbons (Fsp3) is 0.364. The van der Waals surface area contributed by atoms with E-state index in [9.17, 15) is 9.59 Å². The second-order valence-corrected chi connectivity index (χ2v) is 7.66. The molecule has 0 spiro atoms. The Balaban J connectivity index is 1.82. The molecule has 3 atom stereocenters. The van der Waals surface area contributed by atoms with Crippen LogP contribution < -0.4 is 5.06 Å². The number of hydrogen-bond acceptors (Lipinski definition) is 4. The molecule has 4 rings (SSSR count). The van der Waals surface area contributed by atoms with Gasteiger partial charge in [0.05, 0.1) is 11.7 Å². The normalized spacial score (nSPS) is 24.9.